The number of anilines is 1. The molecule has 5 nitrogen and oxygen atoms in total. The summed E-state index contributed by atoms with van der Waals surface area (Å²) in [6.07, 6.45) is 1.97. The second kappa shape index (κ2) is 6.81. The Bertz CT molecular complexity index is 757. The number of aromatic nitrogens is 1. The molecule has 0 radical (unpaired) electrons. The molecular weight excluding hydrogens is 322 g/mol. The highest BCUT2D eigenvalue weighted by Gasteiger charge is 2.31. The van der Waals surface area contributed by atoms with Gasteiger partial charge in [-0.2, -0.15) is 0 Å². The molecule has 0 saturated carbocycles. The highest BCUT2D eigenvalue weighted by Crippen LogP contribution is 2.34. The summed E-state index contributed by atoms with van der Waals surface area (Å²) in [6.45, 7) is 6.71. The van der Waals surface area contributed by atoms with E-state index in [1.165, 1.54) is 0 Å². The van der Waals surface area contributed by atoms with Crippen LogP contribution in [0.5, 0.6) is 5.75 Å². The van der Waals surface area contributed by atoms with Crippen LogP contribution < -0.4 is 10.1 Å². The first-order valence-corrected chi connectivity index (χ1v) is 9.02. The van der Waals surface area contributed by atoms with Gasteiger partial charge >= 0.3 is 6.03 Å². The van der Waals surface area contributed by atoms with Crippen LogP contribution in [0.4, 0.5) is 10.5 Å². The minimum Gasteiger partial charge on any atom is -0.496 e. The van der Waals surface area contributed by atoms with Gasteiger partial charge in [-0.1, -0.05) is 0 Å². The molecule has 1 aliphatic heterocycles. The van der Waals surface area contributed by atoms with Gasteiger partial charge in [-0.05, 0) is 51.3 Å². The summed E-state index contributed by atoms with van der Waals surface area (Å²) in [5, 5.41) is 6.16. The molecule has 0 aliphatic carbocycles. The molecule has 1 aliphatic rings. The molecule has 2 heterocycles. The Kier molecular flexibility index (Phi) is 4.76. The number of hydrogen-bond acceptors (Lipinski definition) is 4. The first kappa shape index (κ1) is 16.8. The van der Waals surface area contributed by atoms with E-state index in [9.17, 15) is 4.79 Å². The summed E-state index contributed by atoms with van der Waals surface area (Å²) in [4.78, 5) is 19.3. The molecule has 0 bridgehead atoms. The summed E-state index contributed by atoms with van der Waals surface area (Å²) < 4.78 is 5.39. The summed E-state index contributed by atoms with van der Waals surface area (Å²) in [7, 11) is 1.65. The van der Waals surface area contributed by atoms with Gasteiger partial charge in [0.1, 0.15) is 5.75 Å². The average Bonchev–Trinajstić information content (AvgIpc) is 3.18. The van der Waals surface area contributed by atoms with E-state index in [0.717, 1.165) is 52.7 Å². The largest absolute Gasteiger partial charge is 0.496 e. The number of benzene rings is 1. The first-order chi connectivity index (χ1) is 11.5. The van der Waals surface area contributed by atoms with Crippen molar-refractivity contribution in [2.75, 3.05) is 19.0 Å². The van der Waals surface area contributed by atoms with E-state index in [4.69, 9.17) is 4.74 Å². The Hall–Kier alpha value is -2.08. The van der Waals surface area contributed by atoms with Crippen molar-refractivity contribution in [3.8, 4) is 5.75 Å². The van der Waals surface area contributed by atoms with Crippen LogP contribution in [0, 0.1) is 20.8 Å². The molecular formula is C18H23N3O2S. The van der Waals surface area contributed by atoms with Crippen molar-refractivity contribution in [1.29, 1.82) is 0 Å². The van der Waals surface area contributed by atoms with Crippen molar-refractivity contribution < 1.29 is 9.53 Å². The summed E-state index contributed by atoms with van der Waals surface area (Å²) >= 11 is 1.63. The van der Waals surface area contributed by atoms with E-state index < -0.39 is 0 Å². The zero-order chi connectivity index (χ0) is 17.3. The lowest BCUT2D eigenvalue weighted by Crippen LogP contribution is -2.34. The number of likely N-dealkylation sites (tertiary alicyclic amines) is 1. The monoisotopic (exact) mass is 345 g/mol. The number of ether oxygens (including phenoxy) is 1. The van der Waals surface area contributed by atoms with Crippen LogP contribution in [-0.4, -0.2) is 29.6 Å². The zero-order valence-electron chi connectivity index (χ0n) is 14.5. The van der Waals surface area contributed by atoms with Crippen molar-refractivity contribution in [3.05, 3.63) is 39.3 Å². The van der Waals surface area contributed by atoms with E-state index in [0.29, 0.717) is 0 Å². The first-order valence-electron chi connectivity index (χ1n) is 8.14. The molecule has 2 amide bonds. The third-order valence-corrected chi connectivity index (χ3v) is 5.25. The van der Waals surface area contributed by atoms with Crippen molar-refractivity contribution >= 4 is 23.1 Å². The molecule has 1 aromatic heterocycles. The van der Waals surface area contributed by atoms with Crippen LogP contribution >= 0.6 is 11.3 Å². The normalized spacial score (nSPS) is 17.2. The Morgan fingerprint density at radius 2 is 2.17 bits per heavy atom. The fourth-order valence-corrected chi connectivity index (χ4v) is 3.86. The number of carbonyl (C=O) groups excluding carboxylic acids is 1. The average molecular weight is 345 g/mol. The van der Waals surface area contributed by atoms with Crippen LogP contribution in [0.3, 0.4) is 0 Å². The lowest BCUT2D eigenvalue weighted by atomic mass is 10.1. The predicted octanol–water partition coefficient (Wildman–Crippen LogP) is 4.45. The molecule has 1 N–H and O–H groups in total. The maximum absolute atomic E-state index is 12.8. The third-order valence-electron chi connectivity index (χ3n) is 4.46. The molecule has 24 heavy (non-hydrogen) atoms. The van der Waals surface area contributed by atoms with Gasteiger partial charge in [-0.15, -0.1) is 11.3 Å². The van der Waals surface area contributed by atoms with Crippen molar-refractivity contribution in [2.24, 2.45) is 0 Å². The molecule has 6 heteroatoms. The standard InChI is InChI=1S/C18H23N3O2S/c1-11-8-14(12(2)17(9-11)23-4)20-18(22)21-7-5-6-16(21)15-10-24-13(3)19-15/h8-10,16H,5-7H2,1-4H3,(H,20,22)/t16-/m1/s1. The van der Waals surface area contributed by atoms with E-state index in [1.807, 2.05) is 37.8 Å². The third kappa shape index (κ3) is 3.24. The molecule has 2 aromatic rings. The highest BCUT2D eigenvalue weighted by molar-refractivity contribution is 7.09. The van der Waals surface area contributed by atoms with Crippen LogP contribution in [0.1, 0.15) is 40.7 Å². The number of urea groups is 1. The molecule has 1 atom stereocenters. The molecule has 0 unspecified atom stereocenters. The fraction of sp³-hybridized carbons (Fsp3) is 0.444. The Morgan fingerprint density at radius 3 is 2.83 bits per heavy atom. The highest BCUT2D eigenvalue weighted by atomic mass is 32.1. The van der Waals surface area contributed by atoms with Crippen LogP contribution in [0.25, 0.3) is 0 Å². The van der Waals surface area contributed by atoms with Gasteiger partial charge in [0.15, 0.2) is 0 Å². The van der Waals surface area contributed by atoms with Gasteiger partial charge in [-0.3, -0.25) is 0 Å². The lowest BCUT2D eigenvalue weighted by Gasteiger charge is -2.24. The van der Waals surface area contributed by atoms with Crippen LogP contribution in [-0.2, 0) is 0 Å². The van der Waals surface area contributed by atoms with Crippen molar-refractivity contribution in [2.45, 2.75) is 39.7 Å². The second-order valence-corrected chi connectivity index (χ2v) is 7.27. The SMILES string of the molecule is COc1cc(C)cc(NC(=O)N2CCC[C@@H]2c2csc(C)n2)c1C. The predicted molar refractivity (Wildman–Crippen MR) is 97.0 cm³/mol. The molecule has 3 rings (SSSR count). The number of rotatable bonds is 3. The number of amides is 2. The van der Waals surface area contributed by atoms with Gasteiger partial charge in [-0.25, -0.2) is 9.78 Å². The molecule has 128 valence electrons. The van der Waals surface area contributed by atoms with Crippen LogP contribution in [0.15, 0.2) is 17.5 Å². The summed E-state index contributed by atoms with van der Waals surface area (Å²) in [5.41, 5.74) is 3.80. The Labute approximate surface area is 146 Å². The van der Waals surface area contributed by atoms with E-state index in [2.05, 4.69) is 15.7 Å². The van der Waals surface area contributed by atoms with Crippen LogP contribution in [0.2, 0.25) is 0 Å². The van der Waals surface area contributed by atoms with E-state index in [-0.39, 0.29) is 12.1 Å². The smallest absolute Gasteiger partial charge is 0.322 e. The fourth-order valence-electron chi connectivity index (χ4n) is 3.20. The van der Waals surface area contributed by atoms with E-state index >= 15 is 0 Å². The van der Waals surface area contributed by atoms with Crippen molar-refractivity contribution in [1.82, 2.24) is 9.88 Å². The maximum atomic E-state index is 12.8. The minimum atomic E-state index is -0.0705. The topological polar surface area (TPSA) is 54.5 Å². The number of hydrogen-bond donors (Lipinski definition) is 1. The lowest BCUT2D eigenvalue weighted by molar-refractivity contribution is 0.206. The minimum absolute atomic E-state index is 0.0705. The van der Waals surface area contributed by atoms with Gasteiger partial charge in [0.05, 0.1) is 23.9 Å². The Balaban J connectivity index is 1.81. The van der Waals surface area contributed by atoms with Crippen molar-refractivity contribution in [3.63, 3.8) is 0 Å². The number of nitrogens with one attached hydrogen (secondary N) is 1. The van der Waals surface area contributed by atoms with Gasteiger partial charge in [0.25, 0.3) is 0 Å². The number of carbonyl (C=O) groups is 1. The van der Waals surface area contributed by atoms with Gasteiger partial charge in [0, 0.05) is 23.2 Å². The number of aryl methyl sites for hydroxylation is 2. The number of nitrogens with zero attached hydrogens (tertiary/aromatic N) is 2. The summed E-state index contributed by atoms with van der Waals surface area (Å²) in [5.74, 6) is 0.790. The summed E-state index contributed by atoms with van der Waals surface area (Å²) in [6, 6.07) is 3.95. The number of thiazole rings is 1. The second-order valence-electron chi connectivity index (χ2n) is 6.21. The maximum Gasteiger partial charge on any atom is 0.322 e. The molecule has 0 spiro atoms. The zero-order valence-corrected chi connectivity index (χ0v) is 15.4. The van der Waals surface area contributed by atoms with E-state index in [1.54, 1.807) is 18.4 Å². The quantitative estimate of drug-likeness (QED) is 0.894. The number of methoxy groups -OCH3 is 1. The molecule has 1 saturated heterocycles. The molecule has 1 fully saturated rings. The van der Waals surface area contributed by atoms with Gasteiger partial charge < -0.3 is 15.0 Å². The molecule has 1 aromatic carbocycles. The van der Waals surface area contributed by atoms with Gasteiger partial charge in [0.2, 0.25) is 0 Å². The Morgan fingerprint density at radius 1 is 1.38 bits per heavy atom.